The summed E-state index contributed by atoms with van der Waals surface area (Å²) in [6.07, 6.45) is 3.08. The molecule has 0 radical (unpaired) electrons. The zero-order valence-electron chi connectivity index (χ0n) is 32.8. The first kappa shape index (κ1) is 39.4. The van der Waals surface area contributed by atoms with Gasteiger partial charge in [0.2, 0.25) is 5.91 Å². The number of hydrogen-bond donors (Lipinski definition) is 3. The highest BCUT2D eigenvalue weighted by atomic mass is 16.5. The fourth-order valence-electron chi connectivity index (χ4n) is 7.58. The molecule has 11 nitrogen and oxygen atoms in total. The third-order valence-electron chi connectivity index (χ3n) is 10.8. The molecule has 284 valence electrons. The Hall–Kier alpha value is -4.77. The number of likely N-dealkylation sites (N-methyl/N-ethyl adjacent to an activating group) is 1. The van der Waals surface area contributed by atoms with Crippen LogP contribution in [0.2, 0.25) is 0 Å². The molecule has 0 fully saturated rings. The van der Waals surface area contributed by atoms with Crippen LogP contribution in [0.25, 0.3) is 33.2 Å². The van der Waals surface area contributed by atoms with Crippen molar-refractivity contribution in [2.24, 2.45) is 0 Å². The number of carbonyl (C=O) groups excluding carboxylic acids is 3. The summed E-state index contributed by atoms with van der Waals surface area (Å²) in [6, 6.07) is 5.99. The van der Waals surface area contributed by atoms with Gasteiger partial charge in [0.15, 0.2) is 0 Å². The maximum Gasteiger partial charge on any atom is 0.340 e. The zero-order valence-corrected chi connectivity index (χ0v) is 32.8. The molecule has 0 spiro atoms. The van der Waals surface area contributed by atoms with E-state index in [1.807, 2.05) is 32.0 Å². The Balaban J connectivity index is 1.97. The number of aryl methyl sites for hydroxylation is 3. The van der Waals surface area contributed by atoms with Crippen LogP contribution in [-0.2, 0) is 43.3 Å². The predicted octanol–water partition coefficient (Wildman–Crippen LogP) is 7.51. The van der Waals surface area contributed by atoms with Crippen LogP contribution in [0.5, 0.6) is 0 Å². The van der Waals surface area contributed by atoms with Crippen molar-refractivity contribution in [3.8, 4) is 0 Å². The normalized spacial score (nSPS) is 15.5. The molecule has 5 heterocycles. The second-order valence-electron chi connectivity index (χ2n) is 14.1. The molecule has 1 amide bonds. The predicted molar refractivity (Wildman–Crippen MR) is 208 cm³/mol. The average molecular weight is 726 g/mol. The van der Waals surface area contributed by atoms with Crippen molar-refractivity contribution >= 4 is 51.1 Å². The number of nitrogens with one attached hydrogen (secondary N) is 2. The fraction of sp³-hybridized carbons (Fsp3) is 0.500. The highest BCUT2D eigenvalue weighted by Gasteiger charge is 2.36. The number of hydrogen-bond acceptors (Lipinski definition) is 8. The van der Waals surface area contributed by atoms with E-state index in [9.17, 15) is 19.5 Å². The molecule has 11 heteroatoms. The lowest BCUT2D eigenvalue weighted by molar-refractivity contribution is -0.143. The molecule has 8 bridgehead atoms. The maximum absolute atomic E-state index is 14.1. The minimum Gasteiger partial charge on any atom is -0.466 e. The van der Waals surface area contributed by atoms with Gasteiger partial charge in [0.05, 0.1) is 48.9 Å². The maximum atomic E-state index is 14.1. The summed E-state index contributed by atoms with van der Waals surface area (Å²) < 4.78 is 11.0. The third-order valence-corrected chi connectivity index (χ3v) is 10.8. The molecular weight excluding hydrogens is 670 g/mol. The number of rotatable bonds is 13. The molecule has 0 aromatic carbocycles. The second-order valence-corrected chi connectivity index (χ2v) is 14.1. The first-order valence-electron chi connectivity index (χ1n) is 19.0. The Labute approximate surface area is 312 Å². The Morgan fingerprint density at radius 2 is 1.53 bits per heavy atom. The number of aliphatic hydroxyl groups is 1. The summed E-state index contributed by atoms with van der Waals surface area (Å²) in [7, 11) is 1.80. The van der Waals surface area contributed by atoms with Gasteiger partial charge in [0.1, 0.15) is 0 Å². The van der Waals surface area contributed by atoms with Gasteiger partial charge >= 0.3 is 11.9 Å². The Morgan fingerprint density at radius 3 is 2.17 bits per heavy atom. The summed E-state index contributed by atoms with van der Waals surface area (Å²) in [5.41, 5.74) is 11.1. The molecule has 3 aromatic rings. The largest absolute Gasteiger partial charge is 0.466 e. The van der Waals surface area contributed by atoms with Gasteiger partial charge in [-0.1, -0.05) is 27.2 Å². The Kier molecular flexibility index (Phi) is 12.6. The minimum atomic E-state index is -0.516. The summed E-state index contributed by atoms with van der Waals surface area (Å²) in [4.78, 5) is 60.0. The van der Waals surface area contributed by atoms with Gasteiger partial charge in [0, 0.05) is 70.7 Å². The van der Waals surface area contributed by atoms with Crippen molar-refractivity contribution in [1.29, 1.82) is 0 Å². The number of aliphatic hydroxyl groups excluding tert-OH is 1. The van der Waals surface area contributed by atoms with Gasteiger partial charge < -0.3 is 29.4 Å². The standard InChI is InChI=1S/C42H55N5O6/c1-10-14-17-47(9)37(49)18-29-40-28(15-16-38(50)52-12-3)24(6)33(45-40)19-31-25(7)30(22-48)36(44-31)20-32-23(5)27(11-2)35(43-32)21-34-26(8)39(41(29)46-34)42(51)53-13-4/h19-21,24,28,43-44,48H,10-18,22H2,1-9H3/t24-,28-/m0/s1. The van der Waals surface area contributed by atoms with Crippen molar-refractivity contribution in [1.82, 2.24) is 24.8 Å². The molecular formula is C42H55N5O6. The van der Waals surface area contributed by atoms with E-state index in [2.05, 4.69) is 37.7 Å². The van der Waals surface area contributed by atoms with Gasteiger partial charge in [-0.05, 0) is 94.3 Å². The minimum absolute atomic E-state index is 0.0431. The lowest BCUT2D eigenvalue weighted by Crippen LogP contribution is -2.30. The molecule has 0 saturated heterocycles. The van der Waals surface area contributed by atoms with E-state index in [1.165, 1.54) is 0 Å². The number of H-pyrrole nitrogens is 2. The molecule has 3 aromatic heterocycles. The first-order valence-corrected chi connectivity index (χ1v) is 19.0. The van der Waals surface area contributed by atoms with Crippen LogP contribution < -0.4 is 0 Å². The quantitative estimate of drug-likeness (QED) is 0.153. The average Bonchev–Trinajstić information content (AvgIpc) is 3.81. The Bertz CT molecular complexity index is 2090. The monoisotopic (exact) mass is 725 g/mol. The molecule has 0 saturated carbocycles. The topological polar surface area (TPSA) is 150 Å². The van der Waals surface area contributed by atoms with Crippen LogP contribution in [0.4, 0.5) is 0 Å². The lowest BCUT2D eigenvalue weighted by atomic mass is 9.84. The second kappa shape index (κ2) is 16.9. The van der Waals surface area contributed by atoms with Gasteiger partial charge in [-0.15, -0.1) is 0 Å². The van der Waals surface area contributed by atoms with Gasteiger partial charge in [-0.3, -0.25) is 14.6 Å². The Morgan fingerprint density at radius 1 is 0.868 bits per heavy atom. The van der Waals surface area contributed by atoms with E-state index in [0.29, 0.717) is 46.8 Å². The molecule has 3 N–H and O–H groups in total. The molecule has 5 rings (SSSR count). The van der Waals surface area contributed by atoms with Crippen LogP contribution in [0, 0.1) is 13.8 Å². The van der Waals surface area contributed by atoms with Crippen LogP contribution in [-0.4, -0.2) is 74.6 Å². The highest BCUT2D eigenvalue weighted by molar-refractivity contribution is 6.25. The van der Waals surface area contributed by atoms with E-state index in [1.54, 1.807) is 25.8 Å². The SMILES string of the molecule is CCCCN(C)C(=O)Cc1c2nc(cc3[nH]c(cc4[nH]c(cc5nc1[C@@H](CCC(=O)OCC)[C@@H]5C)c(C)c4CO)c(C)c3CC)C(C)=C2C(=O)OCC. The molecule has 0 unspecified atom stereocenters. The van der Waals surface area contributed by atoms with E-state index in [4.69, 9.17) is 19.4 Å². The van der Waals surface area contributed by atoms with Gasteiger partial charge in [-0.2, -0.15) is 0 Å². The molecule has 53 heavy (non-hydrogen) atoms. The number of carbonyl (C=O) groups is 3. The lowest BCUT2D eigenvalue weighted by Gasteiger charge is -2.21. The number of nitrogens with zero attached hydrogens (tertiary/aromatic N) is 3. The number of unbranched alkanes of at least 4 members (excludes halogenated alkanes) is 1. The van der Waals surface area contributed by atoms with Gasteiger partial charge in [0.25, 0.3) is 0 Å². The zero-order chi connectivity index (χ0) is 38.6. The van der Waals surface area contributed by atoms with Crippen LogP contribution >= 0.6 is 0 Å². The van der Waals surface area contributed by atoms with Crippen LogP contribution in [0.3, 0.4) is 0 Å². The fourth-order valence-corrected chi connectivity index (χ4v) is 7.58. The molecule has 2 aliphatic rings. The number of ether oxygens (including phenoxy) is 2. The van der Waals surface area contributed by atoms with Gasteiger partial charge in [-0.25, -0.2) is 9.78 Å². The van der Waals surface area contributed by atoms with E-state index >= 15 is 0 Å². The molecule has 2 aliphatic heterocycles. The van der Waals surface area contributed by atoms with E-state index in [0.717, 1.165) is 69.3 Å². The molecule has 0 aliphatic carbocycles. The van der Waals surface area contributed by atoms with E-state index in [-0.39, 0.29) is 56.4 Å². The summed E-state index contributed by atoms with van der Waals surface area (Å²) in [5, 5.41) is 10.5. The molecule has 2 atom stereocenters. The van der Waals surface area contributed by atoms with Crippen LogP contribution in [0.15, 0.2) is 18.2 Å². The number of amides is 1. The van der Waals surface area contributed by atoms with Crippen molar-refractivity contribution in [2.45, 2.75) is 112 Å². The number of esters is 2. The summed E-state index contributed by atoms with van der Waals surface area (Å²) in [6.45, 7) is 16.6. The number of aromatic amines is 2. The first-order chi connectivity index (χ1) is 25.4. The summed E-state index contributed by atoms with van der Waals surface area (Å²) >= 11 is 0. The number of aromatic nitrogens is 4. The van der Waals surface area contributed by atoms with Crippen LogP contribution in [0.1, 0.15) is 130 Å². The number of allylic oxidation sites excluding steroid dienone is 1. The van der Waals surface area contributed by atoms with Crippen molar-refractivity contribution in [2.75, 3.05) is 26.8 Å². The van der Waals surface area contributed by atoms with Crippen molar-refractivity contribution in [3.63, 3.8) is 0 Å². The third kappa shape index (κ3) is 7.95. The van der Waals surface area contributed by atoms with E-state index < -0.39 is 5.97 Å². The smallest absolute Gasteiger partial charge is 0.340 e. The van der Waals surface area contributed by atoms with Crippen molar-refractivity contribution in [3.05, 3.63) is 68.8 Å². The number of fused-ring (bicyclic) bond motifs is 8. The van der Waals surface area contributed by atoms with Crippen molar-refractivity contribution < 1.29 is 29.0 Å². The highest BCUT2D eigenvalue weighted by Crippen LogP contribution is 2.44. The summed E-state index contributed by atoms with van der Waals surface area (Å²) in [5.74, 6) is -1.40.